The minimum Gasteiger partial charge on any atom is -0.351 e. The molecule has 0 aliphatic rings. The van der Waals surface area contributed by atoms with Gasteiger partial charge in [0, 0.05) is 25.5 Å². The maximum atomic E-state index is 4.90. The molecular weight excluding hydrogens is 116 g/mol. The van der Waals surface area contributed by atoms with Gasteiger partial charge in [-0.15, -0.1) is 0 Å². The van der Waals surface area contributed by atoms with E-state index in [2.05, 4.69) is 9.97 Å². The van der Waals surface area contributed by atoms with Crippen molar-refractivity contribution in [1.29, 1.82) is 0 Å². The number of nitrogens with one attached hydrogen (secondary N) is 1. The van der Waals surface area contributed by atoms with Crippen molar-refractivity contribution in [2.75, 3.05) is 13.1 Å². The number of hydrogen-bond acceptors (Lipinski definition) is 3. The van der Waals surface area contributed by atoms with E-state index in [-0.39, 0.29) is 0 Å². The Morgan fingerprint density at radius 2 is 2.00 bits per heavy atom. The molecule has 0 bridgehead atoms. The van der Waals surface area contributed by atoms with Crippen LogP contribution >= 0.6 is 0 Å². The molecule has 0 saturated carbocycles. The number of imidazole rings is 1. The van der Waals surface area contributed by atoms with E-state index < -0.39 is 0 Å². The zero-order valence-corrected chi connectivity index (χ0v) is 5.25. The first-order valence-corrected chi connectivity index (χ1v) is 2.74. The van der Waals surface area contributed by atoms with Gasteiger partial charge in [0.25, 0.3) is 0 Å². The van der Waals surface area contributed by atoms with Crippen molar-refractivity contribution in [3.8, 4) is 0 Å². The van der Waals surface area contributed by atoms with Gasteiger partial charge in [-0.3, -0.25) is 0 Å². The number of nitrogens with zero attached hydrogens (tertiary/aromatic N) is 1. The summed E-state index contributed by atoms with van der Waals surface area (Å²) in [5.74, 6) is 0. The van der Waals surface area contributed by atoms with Gasteiger partial charge in [-0.1, -0.05) is 0 Å². The Morgan fingerprint density at radius 1 is 1.33 bits per heavy atom. The fourth-order valence-electron chi connectivity index (χ4n) is 0.215. The molecule has 4 heteroatoms. The van der Waals surface area contributed by atoms with E-state index in [0.717, 1.165) is 0 Å². The highest BCUT2D eigenvalue weighted by Crippen LogP contribution is 1.62. The van der Waals surface area contributed by atoms with Crippen molar-refractivity contribution in [2.45, 2.75) is 0 Å². The van der Waals surface area contributed by atoms with E-state index in [9.17, 15) is 0 Å². The van der Waals surface area contributed by atoms with E-state index in [1.54, 1.807) is 18.7 Å². The van der Waals surface area contributed by atoms with Crippen molar-refractivity contribution >= 4 is 0 Å². The van der Waals surface area contributed by atoms with E-state index in [0.29, 0.717) is 13.1 Å². The molecule has 4 nitrogen and oxygen atoms in total. The highest BCUT2D eigenvalue weighted by atomic mass is 14.8. The second kappa shape index (κ2) is 7.13. The fourth-order valence-corrected chi connectivity index (χ4v) is 0.215. The van der Waals surface area contributed by atoms with Crippen molar-refractivity contribution in [2.24, 2.45) is 11.5 Å². The van der Waals surface area contributed by atoms with Crippen molar-refractivity contribution in [3.05, 3.63) is 18.7 Å². The van der Waals surface area contributed by atoms with Crippen LogP contribution in [0.4, 0.5) is 0 Å². The zero-order valence-electron chi connectivity index (χ0n) is 5.25. The molecule has 0 aliphatic carbocycles. The summed E-state index contributed by atoms with van der Waals surface area (Å²) in [5.41, 5.74) is 9.81. The smallest absolute Gasteiger partial charge is 0.0919 e. The highest BCUT2D eigenvalue weighted by molar-refractivity contribution is 4.64. The SMILES string of the molecule is NCCN.c1c[nH]cn1. The molecule has 0 aliphatic heterocycles. The van der Waals surface area contributed by atoms with E-state index >= 15 is 0 Å². The van der Waals surface area contributed by atoms with Crippen molar-refractivity contribution < 1.29 is 0 Å². The molecular formula is C5H12N4. The molecule has 0 amide bonds. The van der Waals surface area contributed by atoms with Crippen molar-refractivity contribution in [3.63, 3.8) is 0 Å². The molecule has 0 unspecified atom stereocenters. The standard InChI is InChI=1S/C3H4N2.C2H8N2/c1-2-5-3-4-1;3-1-2-4/h1-3H,(H,4,5);1-4H2. The van der Waals surface area contributed by atoms with Gasteiger partial charge in [-0.05, 0) is 0 Å². The second-order valence-electron chi connectivity index (χ2n) is 1.34. The number of nitrogens with two attached hydrogens (primary N) is 2. The van der Waals surface area contributed by atoms with E-state index in [1.807, 2.05) is 0 Å². The number of aromatic nitrogens is 2. The third-order valence-corrected chi connectivity index (χ3v) is 0.573. The first kappa shape index (κ1) is 8.13. The molecule has 5 N–H and O–H groups in total. The lowest BCUT2D eigenvalue weighted by atomic mass is 10.7. The minimum atomic E-state index is 0.597. The lowest BCUT2D eigenvalue weighted by Gasteiger charge is -1.72. The molecule has 0 fully saturated rings. The molecule has 0 spiro atoms. The molecule has 0 radical (unpaired) electrons. The summed E-state index contributed by atoms with van der Waals surface area (Å²) in [6, 6.07) is 0. The highest BCUT2D eigenvalue weighted by Gasteiger charge is 1.56. The summed E-state index contributed by atoms with van der Waals surface area (Å²) in [5, 5.41) is 0. The summed E-state index contributed by atoms with van der Waals surface area (Å²) in [7, 11) is 0. The normalized spacial score (nSPS) is 7.78. The largest absolute Gasteiger partial charge is 0.351 e. The fraction of sp³-hybridized carbons (Fsp3) is 0.400. The van der Waals surface area contributed by atoms with Gasteiger partial charge in [0.2, 0.25) is 0 Å². The Kier molecular flexibility index (Phi) is 6.44. The molecule has 0 aromatic carbocycles. The number of rotatable bonds is 1. The first-order valence-electron chi connectivity index (χ1n) is 2.74. The number of aromatic amines is 1. The van der Waals surface area contributed by atoms with Gasteiger partial charge in [0.05, 0.1) is 6.33 Å². The van der Waals surface area contributed by atoms with Gasteiger partial charge < -0.3 is 16.5 Å². The Balaban J connectivity index is 0.000000148. The maximum absolute atomic E-state index is 4.90. The first-order chi connectivity index (χ1) is 4.41. The van der Waals surface area contributed by atoms with Crippen LogP contribution in [0.5, 0.6) is 0 Å². The average Bonchev–Trinajstić information content (AvgIpc) is 2.43. The van der Waals surface area contributed by atoms with Crippen LogP contribution in [0.1, 0.15) is 0 Å². The maximum Gasteiger partial charge on any atom is 0.0919 e. The van der Waals surface area contributed by atoms with Crippen LogP contribution in [0.3, 0.4) is 0 Å². The topological polar surface area (TPSA) is 80.7 Å². The molecule has 0 atom stereocenters. The summed E-state index contributed by atoms with van der Waals surface area (Å²) in [6.45, 7) is 1.19. The van der Waals surface area contributed by atoms with Gasteiger partial charge in [-0.2, -0.15) is 0 Å². The summed E-state index contributed by atoms with van der Waals surface area (Å²) >= 11 is 0. The minimum absolute atomic E-state index is 0.597. The van der Waals surface area contributed by atoms with E-state index in [4.69, 9.17) is 11.5 Å². The van der Waals surface area contributed by atoms with Crippen LogP contribution in [-0.4, -0.2) is 23.1 Å². The molecule has 1 aromatic heterocycles. The molecule has 1 rings (SSSR count). The lowest BCUT2D eigenvalue weighted by molar-refractivity contribution is 0.976. The molecule has 0 saturated heterocycles. The average molecular weight is 128 g/mol. The van der Waals surface area contributed by atoms with Crippen LogP contribution < -0.4 is 11.5 Å². The Hall–Kier alpha value is -0.870. The van der Waals surface area contributed by atoms with Crippen molar-refractivity contribution in [1.82, 2.24) is 9.97 Å². The summed E-state index contributed by atoms with van der Waals surface area (Å²) in [4.78, 5) is 6.42. The number of H-pyrrole nitrogens is 1. The predicted molar refractivity (Wildman–Crippen MR) is 36.7 cm³/mol. The third-order valence-electron chi connectivity index (χ3n) is 0.573. The van der Waals surface area contributed by atoms with Crippen LogP contribution in [0.25, 0.3) is 0 Å². The van der Waals surface area contributed by atoms with Crippen LogP contribution in [-0.2, 0) is 0 Å². The molecule has 1 heterocycles. The molecule has 1 aromatic rings. The van der Waals surface area contributed by atoms with Gasteiger partial charge >= 0.3 is 0 Å². The van der Waals surface area contributed by atoms with Crippen LogP contribution in [0, 0.1) is 0 Å². The van der Waals surface area contributed by atoms with Crippen LogP contribution in [0.2, 0.25) is 0 Å². The van der Waals surface area contributed by atoms with Crippen LogP contribution in [0.15, 0.2) is 18.7 Å². The molecule has 9 heavy (non-hydrogen) atoms. The monoisotopic (exact) mass is 128 g/mol. The lowest BCUT2D eigenvalue weighted by Crippen LogP contribution is -2.11. The summed E-state index contributed by atoms with van der Waals surface area (Å²) in [6.07, 6.45) is 5.08. The van der Waals surface area contributed by atoms with Gasteiger partial charge in [0.1, 0.15) is 0 Å². The van der Waals surface area contributed by atoms with Gasteiger partial charge in [0.15, 0.2) is 0 Å². The van der Waals surface area contributed by atoms with Gasteiger partial charge in [-0.25, -0.2) is 4.98 Å². The van der Waals surface area contributed by atoms with E-state index in [1.165, 1.54) is 0 Å². The quantitative estimate of drug-likeness (QED) is 0.468. The third kappa shape index (κ3) is 7.13. The predicted octanol–water partition coefficient (Wildman–Crippen LogP) is -0.687. The zero-order chi connectivity index (χ0) is 6.95. The Morgan fingerprint density at radius 3 is 2.11 bits per heavy atom. The second-order valence-corrected chi connectivity index (χ2v) is 1.34. The number of hydrogen-bond donors (Lipinski definition) is 3. The summed E-state index contributed by atoms with van der Waals surface area (Å²) < 4.78 is 0. The Labute approximate surface area is 54.3 Å². The Bertz CT molecular complexity index is 84.5. The molecule has 52 valence electrons.